The predicted octanol–water partition coefficient (Wildman–Crippen LogP) is 3.73. The van der Waals surface area contributed by atoms with Crippen molar-refractivity contribution in [3.63, 3.8) is 0 Å². The number of nitrogens with one attached hydrogen (secondary N) is 1. The van der Waals surface area contributed by atoms with Crippen LogP contribution in [0.2, 0.25) is 0 Å². The van der Waals surface area contributed by atoms with Gasteiger partial charge in [-0.05, 0) is 55.0 Å². The fourth-order valence-corrected chi connectivity index (χ4v) is 2.80. The lowest BCUT2D eigenvalue weighted by atomic mass is 9.90. The fourth-order valence-electron chi connectivity index (χ4n) is 2.80. The van der Waals surface area contributed by atoms with Crippen molar-refractivity contribution in [1.29, 1.82) is 0 Å². The highest BCUT2D eigenvalue weighted by molar-refractivity contribution is 5.91. The van der Waals surface area contributed by atoms with E-state index in [1.165, 1.54) is 24.0 Å². The van der Waals surface area contributed by atoms with Crippen LogP contribution in [-0.2, 0) is 24.1 Å². The van der Waals surface area contributed by atoms with Crippen LogP contribution in [0.4, 0.5) is 5.69 Å². The number of hydrogen-bond donors (Lipinski definition) is 1. The summed E-state index contributed by atoms with van der Waals surface area (Å²) >= 11 is 0. The number of amides is 1. The molecule has 0 radical (unpaired) electrons. The van der Waals surface area contributed by atoms with Gasteiger partial charge in [-0.1, -0.05) is 12.1 Å². The van der Waals surface area contributed by atoms with E-state index >= 15 is 0 Å². The lowest BCUT2D eigenvalue weighted by molar-refractivity contribution is -0.116. The van der Waals surface area contributed by atoms with Gasteiger partial charge in [0.2, 0.25) is 5.91 Å². The van der Waals surface area contributed by atoms with E-state index in [1.807, 2.05) is 24.3 Å². The molecule has 3 rings (SSSR count). The molecule has 2 aromatic rings. The van der Waals surface area contributed by atoms with Crippen LogP contribution in [0.5, 0.6) is 0 Å². The van der Waals surface area contributed by atoms with Crippen LogP contribution in [0.25, 0.3) is 0 Å². The quantitative estimate of drug-likeness (QED) is 0.919. The second kappa shape index (κ2) is 5.95. The van der Waals surface area contributed by atoms with Crippen LogP contribution in [0.15, 0.2) is 41.0 Å². The number of hydrogen-bond acceptors (Lipinski definition) is 2. The molecule has 0 unspecified atom stereocenters. The first kappa shape index (κ1) is 13.0. The van der Waals surface area contributed by atoms with Gasteiger partial charge in [-0.15, -0.1) is 0 Å². The maximum atomic E-state index is 12.0. The Hall–Kier alpha value is -2.03. The van der Waals surface area contributed by atoms with Crippen molar-refractivity contribution >= 4 is 11.6 Å². The molecule has 1 aliphatic carbocycles. The minimum Gasteiger partial charge on any atom is -0.469 e. The van der Waals surface area contributed by atoms with Crippen molar-refractivity contribution in [2.75, 3.05) is 5.32 Å². The van der Waals surface area contributed by atoms with E-state index in [0.717, 1.165) is 24.3 Å². The van der Waals surface area contributed by atoms with Gasteiger partial charge < -0.3 is 9.73 Å². The minimum absolute atomic E-state index is 0.0559. The van der Waals surface area contributed by atoms with Gasteiger partial charge in [0.05, 0.1) is 6.26 Å². The molecular weight excluding hydrogens is 250 g/mol. The molecule has 1 aliphatic rings. The largest absolute Gasteiger partial charge is 0.469 e. The molecule has 1 heterocycles. The molecule has 0 spiro atoms. The van der Waals surface area contributed by atoms with Crippen LogP contribution < -0.4 is 5.32 Å². The number of furan rings is 1. The third-order valence-corrected chi connectivity index (χ3v) is 3.85. The second-order valence-electron chi connectivity index (χ2n) is 5.28. The highest BCUT2D eigenvalue weighted by Gasteiger charge is 2.14. The van der Waals surface area contributed by atoms with Crippen molar-refractivity contribution < 1.29 is 9.21 Å². The lowest BCUT2D eigenvalue weighted by Crippen LogP contribution is -2.15. The first-order valence-corrected chi connectivity index (χ1v) is 7.26. The number of carbonyl (C=O) groups is 1. The average Bonchev–Trinajstić information content (AvgIpc) is 2.99. The SMILES string of the molecule is O=C(CCc1ccco1)Nc1cccc2c1CCCC2. The average molecular weight is 269 g/mol. The van der Waals surface area contributed by atoms with Gasteiger partial charge >= 0.3 is 0 Å². The summed E-state index contributed by atoms with van der Waals surface area (Å²) in [6.45, 7) is 0. The van der Waals surface area contributed by atoms with E-state index in [9.17, 15) is 4.79 Å². The smallest absolute Gasteiger partial charge is 0.224 e. The van der Waals surface area contributed by atoms with Gasteiger partial charge in [0.15, 0.2) is 0 Å². The zero-order valence-corrected chi connectivity index (χ0v) is 11.5. The molecule has 0 aliphatic heterocycles. The summed E-state index contributed by atoms with van der Waals surface area (Å²) in [5.74, 6) is 0.913. The van der Waals surface area contributed by atoms with Crippen molar-refractivity contribution in [2.24, 2.45) is 0 Å². The van der Waals surface area contributed by atoms with Crippen molar-refractivity contribution in [3.8, 4) is 0 Å². The summed E-state index contributed by atoms with van der Waals surface area (Å²) in [4.78, 5) is 12.0. The number of rotatable bonds is 4. The monoisotopic (exact) mass is 269 g/mol. The molecule has 0 bridgehead atoms. The summed E-state index contributed by atoms with van der Waals surface area (Å²) in [7, 11) is 0. The molecule has 3 nitrogen and oxygen atoms in total. The molecule has 1 amide bonds. The number of benzene rings is 1. The van der Waals surface area contributed by atoms with Crippen molar-refractivity contribution in [3.05, 3.63) is 53.5 Å². The van der Waals surface area contributed by atoms with Gasteiger partial charge in [0.1, 0.15) is 5.76 Å². The van der Waals surface area contributed by atoms with Crippen molar-refractivity contribution in [1.82, 2.24) is 0 Å². The molecule has 1 N–H and O–H groups in total. The molecule has 20 heavy (non-hydrogen) atoms. The van der Waals surface area contributed by atoms with Gasteiger partial charge in [0, 0.05) is 18.5 Å². The van der Waals surface area contributed by atoms with E-state index in [0.29, 0.717) is 12.8 Å². The van der Waals surface area contributed by atoms with Gasteiger partial charge in [-0.3, -0.25) is 4.79 Å². The summed E-state index contributed by atoms with van der Waals surface area (Å²) in [6.07, 6.45) is 7.41. The molecule has 0 saturated carbocycles. The topological polar surface area (TPSA) is 42.2 Å². The molecule has 3 heteroatoms. The minimum atomic E-state index is 0.0559. The number of aryl methyl sites for hydroxylation is 2. The fraction of sp³-hybridized carbons (Fsp3) is 0.353. The maximum Gasteiger partial charge on any atom is 0.224 e. The number of carbonyl (C=O) groups excluding carboxylic acids is 1. The number of anilines is 1. The molecule has 0 saturated heterocycles. The highest BCUT2D eigenvalue weighted by atomic mass is 16.3. The standard InChI is InChI=1S/C17H19NO2/c19-17(11-10-14-7-4-12-20-14)18-16-9-3-6-13-5-1-2-8-15(13)16/h3-4,6-7,9,12H,1-2,5,8,10-11H2,(H,18,19). The van der Waals surface area contributed by atoms with E-state index in [-0.39, 0.29) is 5.91 Å². The van der Waals surface area contributed by atoms with Gasteiger partial charge in [0.25, 0.3) is 0 Å². The Kier molecular flexibility index (Phi) is 3.86. The maximum absolute atomic E-state index is 12.0. The zero-order chi connectivity index (χ0) is 13.8. The Morgan fingerprint density at radius 1 is 1.15 bits per heavy atom. The third-order valence-electron chi connectivity index (χ3n) is 3.85. The molecule has 0 atom stereocenters. The highest BCUT2D eigenvalue weighted by Crippen LogP contribution is 2.27. The molecular formula is C17H19NO2. The van der Waals surface area contributed by atoms with E-state index < -0.39 is 0 Å². The summed E-state index contributed by atoms with van der Waals surface area (Å²) < 4.78 is 5.24. The van der Waals surface area contributed by atoms with Crippen LogP contribution in [0, 0.1) is 0 Å². The van der Waals surface area contributed by atoms with Crippen molar-refractivity contribution in [2.45, 2.75) is 38.5 Å². The van der Waals surface area contributed by atoms with E-state index in [4.69, 9.17) is 4.42 Å². The molecule has 0 fully saturated rings. The summed E-state index contributed by atoms with van der Waals surface area (Å²) in [5.41, 5.74) is 3.71. The molecule has 1 aromatic carbocycles. The Balaban J connectivity index is 1.64. The first-order chi connectivity index (χ1) is 9.83. The molecule has 1 aromatic heterocycles. The first-order valence-electron chi connectivity index (χ1n) is 7.26. The zero-order valence-electron chi connectivity index (χ0n) is 11.5. The predicted molar refractivity (Wildman–Crippen MR) is 78.7 cm³/mol. The number of fused-ring (bicyclic) bond motifs is 1. The van der Waals surface area contributed by atoms with Crippen LogP contribution in [0.3, 0.4) is 0 Å². The Labute approximate surface area is 119 Å². The van der Waals surface area contributed by atoms with Crippen LogP contribution >= 0.6 is 0 Å². The lowest BCUT2D eigenvalue weighted by Gasteiger charge is -2.19. The Bertz CT molecular complexity index is 587. The normalized spacial score (nSPS) is 13.8. The molecule has 104 valence electrons. The van der Waals surface area contributed by atoms with Crippen LogP contribution in [0.1, 0.15) is 36.1 Å². The van der Waals surface area contributed by atoms with Gasteiger partial charge in [-0.2, -0.15) is 0 Å². The Morgan fingerprint density at radius 3 is 2.90 bits per heavy atom. The van der Waals surface area contributed by atoms with Crippen LogP contribution in [-0.4, -0.2) is 5.91 Å². The summed E-state index contributed by atoms with van der Waals surface area (Å²) in [5, 5.41) is 3.05. The summed E-state index contributed by atoms with van der Waals surface area (Å²) in [6, 6.07) is 9.96. The van der Waals surface area contributed by atoms with Gasteiger partial charge in [-0.25, -0.2) is 0 Å². The second-order valence-corrected chi connectivity index (χ2v) is 5.28. The van der Waals surface area contributed by atoms with E-state index in [2.05, 4.69) is 11.4 Å². The Morgan fingerprint density at radius 2 is 2.05 bits per heavy atom. The van der Waals surface area contributed by atoms with E-state index in [1.54, 1.807) is 6.26 Å². The third kappa shape index (κ3) is 2.93.